The highest BCUT2D eigenvalue weighted by Crippen LogP contribution is 2.60. The van der Waals surface area contributed by atoms with Crippen molar-refractivity contribution in [3.05, 3.63) is 63.7 Å². The molecule has 0 spiro atoms. The highest BCUT2D eigenvalue weighted by Gasteiger charge is 2.50. The Bertz CT molecular complexity index is 1470. The molecular formula is C34H43N3O5S. The van der Waals surface area contributed by atoms with Gasteiger partial charge in [-0.25, -0.2) is 13.1 Å². The number of amides is 1. The number of anilines is 1. The second-order valence-electron chi connectivity index (χ2n) is 14.5. The summed E-state index contributed by atoms with van der Waals surface area (Å²) in [6, 6.07) is 11.2. The van der Waals surface area contributed by atoms with Crippen molar-refractivity contribution in [2.75, 3.05) is 11.9 Å². The van der Waals surface area contributed by atoms with Crippen LogP contribution in [-0.2, 0) is 10.0 Å². The number of rotatable bonds is 8. The number of carbonyl (C=O) groups is 1. The molecule has 6 aliphatic rings. The van der Waals surface area contributed by atoms with Crippen molar-refractivity contribution < 1.29 is 18.1 Å². The fourth-order valence-corrected chi connectivity index (χ4v) is 11.2. The molecular weight excluding hydrogens is 562 g/mol. The molecule has 9 heteroatoms. The van der Waals surface area contributed by atoms with Crippen molar-refractivity contribution in [3.8, 4) is 0 Å². The Labute approximate surface area is 254 Å². The van der Waals surface area contributed by atoms with Crippen LogP contribution in [0.25, 0.3) is 0 Å². The molecule has 3 unspecified atom stereocenters. The van der Waals surface area contributed by atoms with Crippen LogP contribution in [0.15, 0.2) is 47.4 Å². The van der Waals surface area contributed by atoms with Crippen LogP contribution in [0.4, 0.5) is 11.4 Å². The monoisotopic (exact) mass is 605 g/mol. The number of sulfonamides is 1. The summed E-state index contributed by atoms with van der Waals surface area (Å²) >= 11 is 0. The minimum Gasteiger partial charge on any atom is -0.379 e. The van der Waals surface area contributed by atoms with E-state index in [0.29, 0.717) is 24.1 Å². The Morgan fingerprint density at radius 1 is 0.884 bits per heavy atom. The van der Waals surface area contributed by atoms with Gasteiger partial charge < -0.3 is 5.32 Å². The summed E-state index contributed by atoms with van der Waals surface area (Å²) in [5.74, 6) is 3.56. The molecule has 4 bridgehead atoms. The van der Waals surface area contributed by atoms with Crippen LogP contribution in [0.5, 0.6) is 0 Å². The lowest BCUT2D eigenvalue weighted by Gasteiger charge is -2.57. The predicted molar refractivity (Wildman–Crippen MR) is 165 cm³/mol. The zero-order valence-corrected chi connectivity index (χ0v) is 25.6. The highest BCUT2D eigenvalue weighted by molar-refractivity contribution is 7.90. The number of hydrogen-bond donors (Lipinski definition) is 2. The maximum atomic E-state index is 13.2. The quantitative estimate of drug-likeness (QED) is 0.239. The zero-order valence-electron chi connectivity index (χ0n) is 24.8. The molecule has 0 saturated heterocycles. The number of nitro benzene ring substituents is 1. The minimum atomic E-state index is -4.31. The van der Waals surface area contributed by atoms with Gasteiger partial charge in [0.25, 0.3) is 21.6 Å². The maximum absolute atomic E-state index is 13.2. The zero-order chi connectivity index (χ0) is 29.8. The average Bonchev–Trinajstić information content (AvgIpc) is 2.99. The van der Waals surface area contributed by atoms with E-state index in [-0.39, 0.29) is 21.6 Å². The molecule has 8 rings (SSSR count). The number of carbonyl (C=O) groups excluding carboxylic acids is 1. The van der Waals surface area contributed by atoms with E-state index in [4.69, 9.17) is 0 Å². The van der Waals surface area contributed by atoms with Gasteiger partial charge in [0, 0.05) is 18.2 Å². The molecule has 0 radical (unpaired) electrons. The third-order valence-electron chi connectivity index (χ3n) is 11.7. The van der Waals surface area contributed by atoms with E-state index >= 15 is 0 Å². The van der Waals surface area contributed by atoms with Gasteiger partial charge in [-0.15, -0.1) is 0 Å². The van der Waals surface area contributed by atoms with Crippen LogP contribution < -0.4 is 10.0 Å². The SMILES string of the molecule is O=C(NS(=O)(=O)c1ccc(NCC23CC4CC(CC(C4)C2)C3)c([N+](=O)[O-])c1)c1ccc(C2CCCC3CCCCC32)cc1. The van der Waals surface area contributed by atoms with E-state index in [1.54, 1.807) is 12.1 Å². The van der Waals surface area contributed by atoms with E-state index in [0.717, 1.165) is 36.2 Å². The smallest absolute Gasteiger partial charge is 0.293 e. The highest BCUT2D eigenvalue weighted by atomic mass is 32.2. The average molecular weight is 606 g/mol. The topological polar surface area (TPSA) is 118 Å². The van der Waals surface area contributed by atoms with Crippen LogP contribution in [0, 0.1) is 45.1 Å². The molecule has 8 nitrogen and oxygen atoms in total. The van der Waals surface area contributed by atoms with E-state index in [2.05, 4.69) is 10.0 Å². The van der Waals surface area contributed by atoms with Crippen LogP contribution >= 0.6 is 0 Å². The largest absolute Gasteiger partial charge is 0.379 e. The molecule has 2 N–H and O–H groups in total. The number of nitrogens with one attached hydrogen (secondary N) is 2. The Hall–Kier alpha value is -2.94. The van der Waals surface area contributed by atoms with Gasteiger partial charge in [0.05, 0.1) is 9.82 Å². The number of hydrogen-bond acceptors (Lipinski definition) is 6. The maximum Gasteiger partial charge on any atom is 0.293 e. The van der Waals surface area contributed by atoms with Gasteiger partial charge in [0.2, 0.25) is 0 Å². The fourth-order valence-electron chi connectivity index (χ4n) is 10.2. The summed E-state index contributed by atoms with van der Waals surface area (Å²) in [5.41, 5.74) is 1.68. The molecule has 0 aliphatic heterocycles. The molecule has 1 amide bonds. The lowest BCUT2D eigenvalue weighted by atomic mass is 9.49. The third-order valence-corrected chi connectivity index (χ3v) is 13.0. The standard InChI is InChI=1S/C34H43N3O5S/c38-33(27-10-8-26(9-11-27)30-7-3-5-25-4-1-2-6-29(25)30)36-43(41,42)28-12-13-31(32(17-28)37(39)40)35-21-34-18-22-14-23(19-34)16-24(15-22)20-34/h8-13,17,22-25,29-30,35H,1-7,14-16,18-21H2,(H,36,38). The normalized spacial score (nSPS) is 33.0. The lowest BCUT2D eigenvalue weighted by Crippen LogP contribution is -2.49. The molecule has 0 heterocycles. The molecule has 3 atom stereocenters. The summed E-state index contributed by atoms with van der Waals surface area (Å²) in [7, 11) is -4.31. The van der Waals surface area contributed by atoms with Gasteiger partial charge in [0.1, 0.15) is 5.69 Å². The van der Waals surface area contributed by atoms with Crippen molar-refractivity contribution in [1.29, 1.82) is 0 Å². The molecule has 0 aromatic heterocycles. The second-order valence-corrected chi connectivity index (χ2v) is 16.2. The van der Waals surface area contributed by atoms with Crippen molar-refractivity contribution in [2.24, 2.45) is 35.0 Å². The molecule has 6 fully saturated rings. The van der Waals surface area contributed by atoms with Crippen LogP contribution in [-0.4, -0.2) is 25.8 Å². The van der Waals surface area contributed by atoms with Gasteiger partial charge in [0.15, 0.2) is 0 Å². The first kappa shape index (κ1) is 28.8. The number of nitro groups is 1. The van der Waals surface area contributed by atoms with Gasteiger partial charge in [-0.2, -0.15) is 0 Å². The summed E-state index contributed by atoms with van der Waals surface area (Å²) in [6.07, 6.45) is 16.4. The Morgan fingerprint density at radius 2 is 1.53 bits per heavy atom. The summed E-state index contributed by atoms with van der Waals surface area (Å²) in [4.78, 5) is 24.2. The predicted octanol–water partition coefficient (Wildman–Crippen LogP) is 7.42. The third kappa shape index (κ3) is 5.69. The Morgan fingerprint density at radius 3 is 2.21 bits per heavy atom. The van der Waals surface area contributed by atoms with Crippen molar-refractivity contribution in [2.45, 2.75) is 94.3 Å². The van der Waals surface area contributed by atoms with Crippen LogP contribution in [0.2, 0.25) is 0 Å². The fraction of sp³-hybridized carbons (Fsp3) is 0.618. The molecule has 2 aromatic carbocycles. The van der Waals surface area contributed by atoms with E-state index in [1.165, 1.54) is 94.7 Å². The Balaban J connectivity index is 1.03. The van der Waals surface area contributed by atoms with Crippen LogP contribution in [0.1, 0.15) is 105 Å². The van der Waals surface area contributed by atoms with Crippen molar-refractivity contribution in [3.63, 3.8) is 0 Å². The first-order valence-electron chi connectivity index (χ1n) is 16.4. The summed E-state index contributed by atoms with van der Waals surface area (Å²) in [5, 5.41) is 15.3. The molecule has 2 aromatic rings. The molecule has 230 valence electrons. The first-order chi connectivity index (χ1) is 20.7. The van der Waals surface area contributed by atoms with E-state index < -0.39 is 20.9 Å². The molecule has 6 aliphatic carbocycles. The van der Waals surface area contributed by atoms with Gasteiger partial charge in [-0.05, 0) is 122 Å². The number of fused-ring (bicyclic) bond motifs is 1. The Kier molecular flexibility index (Phi) is 7.51. The van der Waals surface area contributed by atoms with Crippen LogP contribution in [0.3, 0.4) is 0 Å². The van der Waals surface area contributed by atoms with E-state index in [9.17, 15) is 23.3 Å². The van der Waals surface area contributed by atoms with Crippen molar-refractivity contribution >= 4 is 27.3 Å². The number of benzene rings is 2. The minimum absolute atomic E-state index is 0.173. The van der Waals surface area contributed by atoms with Gasteiger partial charge in [-0.3, -0.25) is 14.9 Å². The lowest BCUT2D eigenvalue weighted by molar-refractivity contribution is -0.384. The summed E-state index contributed by atoms with van der Waals surface area (Å²) < 4.78 is 28.5. The number of nitrogens with zero attached hydrogens (tertiary/aromatic N) is 1. The summed E-state index contributed by atoms with van der Waals surface area (Å²) in [6.45, 7) is 0.665. The first-order valence-corrected chi connectivity index (χ1v) is 17.9. The van der Waals surface area contributed by atoms with Crippen molar-refractivity contribution in [1.82, 2.24) is 4.72 Å². The molecule has 43 heavy (non-hydrogen) atoms. The second kappa shape index (κ2) is 11.2. The van der Waals surface area contributed by atoms with E-state index in [1.807, 2.05) is 12.1 Å². The van der Waals surface area contributed by atoms with Gasteiger partial charge >= 0.3 is 0 Å². The van der Waals surface area contributed by atoms with Gasteiger partial charge in [-0.1, -0.05) is 44.2 Å². The molecule has 6 saturated carbocycles.